The molecule has 0 radical (unpaired) electrons. The van der Waals surface area contributed by atoms with Crippen molar-refractivity contribution in [3.8, 4) is 0 Å². The highest BCUT2D eigenvalue weighted by Gasteiger charge is 2.52. The van der Waals surface area contributed by atoms with E-state index in [-0.39, 0.29) is 30.3 Å². The van der Waals surface area contributed by atoms with Gasteiger partial charge in [0.05, 0.1) is 30.5 Å². The van der Waals surface area contributed by atoms with Gasteiger partial charge in [0.25, 0.3) is 0 Å². The maximum Gasteiger partial charge on any atom is 0.304 e. The maximum atomic E-state index is 14.1. The van der Waals surface area contributed by atoms with Gasteiger partial charge in [0.15, 0.2) is 0 Å². The SMILES string of the molecule is CC[C@@H](COCC1CC1)N1C(=O)[C@@](C)(CC(=O)O)C[C@H](c2cccc(Cl)c2)C1c1ccc(Cl)cc1. The largest absolute Gasteiger partial charge is 0.481 e. The van der Waals surface area contributed by atoms with Crippen molar-refractivity contribution in [2.24, 2.45) is 11.3 Å². The number of ether oxygens (including phenoxy) is 1. The summed E-state index contributed by atoms with van der Waals surface area (Å²) in [5.74, 6) is -0.642. The van der Waals surface area contributed by atoms with Crippen molar-refractivity contribution in [3.63, 3.8) is 0 Å². The predicted molar refractivity (Wildman–Crippen MR) is 138 cm³/mol. The van der Waals surface area contributed by atoms with Gasteiger partial charge in [0.2, 0.25) is 5.91 Å². The van der Waals surface area contributed by atoms with Crippen LogP contribution >= 0.6 is 23.2 Å². The van der Waals surface area contributed by atoms with Gasteiger partial charge in [-0.15, -0.1) is 0 Å². The summed E-state index contributed by atoms with van der Waals surface area (Å²) >= 11 is 12.6. The third kappa shape index (κ3) is 6.02. The molecule has 1 saturated carbocycles. The molecule has 5 nitrogen and oxygen atoms in total. The summed E-state index contributed by atoms with van der Waals surface area (Å²) in [6.45, 7) is 4.96. The van der Waals surface area contributed by atoms with Gasteiger partial charge in [0, 0.05) is 22.6 Å². The number of carboxylic acids is 1. The van der Waals surface area contributed by atoms with Gasteiger partial charge < -0.3 is 14.7 Å². The fourth-order valence-corrected chi connectivity index (χ4v) is 5.66. The van der Waals surface area contributed by atoms with Gasteiger partial charge >= 0.3 is 5.97 Å². The summed E-state index contributed by atoms with van der Waals surface area (Å²) in [7, 11) is 0. The first-order valence-corrected chi connectivity index (χ1v) is 13.1. The summed E-state index contributed by atoms with van der Waals surface area (Å²) in [6, 6.07) is 14.8. The van der Waals surface area contributed by atoms with E-state index in [1.165, 1.54) is 12.8 Å². The Morgan fingerprint density at radius 1 is 1.14 bits per heavy atom. The fraction of sp³-hybridized carbons (Fsp3) is 0.500. The second kappa shape index (κ2) is 10.9. The van der Waals surface area contributed by atoms with Crippen molar-refractivity contribution in [3.05, 3.63) is 69.7 Å². The van der Waals surface area contributed by atoms with Gasteiger partial charge in [-0.2, -0.15) is 0 Å². The number of benzene rings is 2. The molecule has 4 rings (SSSR count). The van der Waals surface area contributed by atoms with Gasteiger partial charge in [-0.05, 0) is 67.0 Å². The number of likely N-dealkylation sites (tertiary alicyclic amines) is 1. The van der Waals surface area contributed by atoms with E-state index in [0.717, 1.165) is 11.1 Å². The van der Waals surface area contributed by atoms with E-state index in [1.807, 2.05) is 53.4 Å². The smallest absolute Gasteiger partial charge is 0.304 e. The molecule has 1 amide bonds. The molecule has 188 valence electrons. The Labute approximate surface area is 217 Å². The van der Waals surface area contributed by atoms with Crippen LogP contribution in [-0.2, 0) is 14.3 Å². The number of halogens is 2. The van der Waals surface area contributed by atoms with E-state index in [0.29, 0.717) is 42.0 Å². The lowest BCUT2D eigenvalue weighted by molar-refractivity contribution is -0.162. The molecule has 2 aliphatic rings. The van der Waals surface area contributed by atoms with Crippen molar-refractivity contribution in [1.82, 2.24) is 4.90 Å². The Bertz CT molecular complexity index is 1060. The van der Waals surface area contributed by atoms with Crippen molar-refractivity contribution in [2.45, 2.75) is 64.0 Å². The number of carbonyl (C=O) groups excluding carboxylic acids is 1. The molecule has 2 aromatic carbocycles. The van der Waals surface area contributed by atoms with E-state index in [2.05, 4.69) is 6.92 Å². The van der Waals surface area contributed by atoms with Gasteiger partial charge in [-0.1, -0.05) is 61.3 Å². The lowest BCUT2D eigenvalue weighted by Gasteiger charge is -2.51. The standard InChI is InChI=1S/C28H33Cl2NO4/c1-3-23(17-35-16-18-7-8-18)31-26(19-9-11-21(29)12-10-19)24(20-5-4-6-22(30)13-20)14-28(2,27(31)34)15-25(32)33/h4-6,9-13,18,23-24,26H,3,7-8,14-17H2,1-2H3,(H,32,33)/t23-,24+,26?,28+/m0/s1. The summed E-state index contributed by atoms with van der Waals surface area (Å²) < 4.78 is 6.07. The minimum Gasteiger partial charge on any atom is -0.481 e. The predicted octanol–water partition coefficient (Wildman–Crippen LogP) is 6.74. The highest BCUT2D eigenvalue weighted by molar-refractivity contribution is 6.30. The van der Waals surface area contributed by atoms with Gasteiger partial charge in [-0.25, -0.2) is 0 Å². The van der Waals surface area contributed by atoms with E-state index in [4.69, 9.17) is 27.9 Å². The quantitative estimate of drug-likeness (QED) is 0.379. The van der Waals surface area contributed by atoms with Crippen molar-refractivity contribution < 1.29 is 19.4 Å². The van der Waals surface area contributed by atoms with Crippen molar-refractivity contribution in [1.29, 1.82) is 0 Å². The molecule has 1 aliphatic heterocycles. The van der Waals surface area contributed by atoms with Crippen LogP contribution in [0, 0.1) is 11.3 Å². The van der Waals surface area contributed by atoms with E-state index in [1.54, 1.807) is 6.92 Å². The van der Waals surface area contributed by atoms with Crippen LogP contribution in [0.2, 0.25) is 10.0 Å². The lowest BCUT2D eigenvalue weighted by atomic mass is 9.67. The molecule has 1 unspecified atom stereocenters. The number of nitrogens with zero attached hydrogens (tertiary/aromatic N) is 1. The zero-order chi connectivity index (χ0) is 25.2. The minimum atomic E-state index is -1.05. The zero-order valence-electron chi connectivity index (χ0n) is 20.3. The van der Waals surface area contributed by atoms with E-state index >= 15 is 0 Å². The number of hydrogen-bond acceptors (Lipinski definition) is 3. The van der Waals surface area contributed by atoms with E-state index < -0.39 is 11.4 Å². The average molecular weight is 518 g/mol. The summed E-state index contributed by atoms with van der Waals surface area (Å²) in [5.41, 5.74) is 0.900. The molecule has 1 aliphatic carbocycles. The van der Waals surface area contributed by atoms with Crippen LogP contribution in [0.4, 0.5) is 0 Å². The van der Waals surface area contributed by atoms with Gasteiger partial charge in [-0.3, -0.25) is 9.59 Å². The van der Waals surface area contributed by atoms with Crippen LogP contribution in [0.3, 0.4) is 0 Å². The Balaban J connectivity index is 1.81. The number of amides is 1. The average Bonchev–Trinajstić information content (AvgIpc) is 3.63. The van der Waals surface area contributed by atoms with E-state index in [9.17, 15) is 14.7 Å². The fourth-order valence-electron chi connectivity index (χ4n) is 5.33. The Morgan fingerprint density at radius 2 is 1.86 bits per heavy atom. The molecule has 1 saturated heterocycles. The van der Waals surface area contributed by atoms with Crippen LogP contribution in [0.5, 0.6) is 0 Å². The first-order valence-electron chi connectivity index (χ1n) is 12.3. The second-order valence-corrected chi connectivity index (χ2v) is 11.1. The highest BCUT2D eigenvalue weighted by atomic mass is 35.5. The molecule has 4 atom stereocenters. The summed E-state index contributed by atoms with van der Waals surface area (Å²) in [5, 5.41) is 11.0. The molecule has 2 fully saturated rings. The molecule has 7 heteroatoms. The number of carbonyl (C=O) groups is 2. The number of carboxylic acid groups (broad SMARTS) is 1. The number of rotatable bonds is 10. The van der Waals surface area contributed by atoms with Crippen LogP contribution in [-0.4, -0.2) is 41.1 Å². The monoisotopic (exact) mass is 517 g/mol. The van der Waals surface area contributed by atoms with Crippen LogP contribution < -0.4 is 0 Å². The highest BCUT2D eigenvalue weighted by Crippen LogP contribution is 2.52. The number of hydrogen-bond donors (Lipinski definition) is 1. The minimum absolute atomic E-state index is 0.139. The molecule has 0 spiro atoms. The molecular weight excluding hydrogens is 485 g/mol. The first kappa shape index (κ1) is 26.0. The second-order valence-electron chi connectivity index (χ2n) is 10.2. The van der Waals surface area contributed by atoms with Gasteiger partial charge in [0.1, 0.15) is 0 Å². The molecular formula is C28H33Cl2NO4. The van der Waals surface area contributed by atoms with Crippen LogP contribution in [0.1, 0.15) is 69.0 Å². The lowest BCUT2D eigenvalue weighted by Crippen LogP contribution is -2.57. The third-order valence-corrected chi connectivity index (χ3v) is 7.84. The Hall–Kier alpha value is -2.08. The van der Waals surface area contributed by atoms with Crippen LogP contribution in [0.15, 0.2) is 48.5 Å². The molecule has 2 aromatic rings. The molecule has 1 heterocycles. The molecule has 0 aromatic heterocycles. The Kier molecular flexibility index (Phi) is 8.09. The first-order chi connectivity index (χ1) is 16.7. The molecule has 1 N–H and O–H groups in total. The third-order valence-electron chi connectivity index (χ3n) is 7.36. The topological polar surface area (TPSA) is 66.8 Å². The molecule has 0 bridgehead atoms. The summed E-state index contributed by atoms with van der Waals surface area (Å²) in [6.07, 6.45) is 3.26. The summed E-state index contributed by atoms with van der Waals surface area (Å²) in [4.78, 5) is 27.9. The number of piperidine rings is 1. The van der Waals surface area contributed by atoms with Crippen molar-refractivity contribution in [2.75, 3.05) is 13.2 Å². The van der Waals surface area contributed by atoms with Crippen molar-refractivity contribution >= 4 is 35.1 Å². The normalized spacial score (nSPS) is 25.5. The molecule has 35 heavy (non-hydrogen) atoms. The number of aliphatic carboxylic acids is 1. The van der Waals surface area contributed by atoms with Crippen LogP contribution in [0.25, 0.3) is 0 Å². The maximum absolute atomic E-state index is 14.1. The zero-order valence-corrected chi connectivity index (χ0v) is 21.8. The Morgan fingerprint density at radius 3 is 2.46 bits per heavy atom.